The topological polar surface area (TPSA) is 12.0 Å². The normalized spacial score (nSPS) is 19.4. The molecule has 1 N–H and O–H groups in total. The standard InChI is InChI=1S/C14H20BrN/c1-3-14(16-10(2)11-7-8-11)12-5-4-6-13(15)9-12/h4-6,9-11,14,16H,3,7-8H2,1-2H3. The number of hydrogen-bond acceptors (Lipinski definition) is 1. The first-order valence-electron chi connectivity index (χ1n) is 6.22. The van der Waals surface area contributed by atoms with E-state index < -0.39 is 0 Å². The van der Waals surface area contributed by atoms with Crippen LogP contribution in [0.5, 0.6) is 0 Å². The Morgan fingerprint density at radius 1 is 1.44 bits per heavy atom. The molecule has 2 heteroatoms. The molecular formula is C14H20BrN. The van der Waals surface area contributed by atoms with E-state index in [1.54, 1.807) is 0 Å². The second-order valence-corrected chi connectivity index (χ2v) is 5.72. The minimum absolute atomic E-state index is 0.494. The van der Waals surface area contributed by atoms with Crippen molar-refractivity contribution in [3.63, 3.8) is 0 Å². The van der Waals surface area contributed by atoms with Crippen LogP contribution in [0.1, 0.15) is 44.7 Å². The number of nitrogens with one attached hydrogen (secondary N) is 1. The Bertz CT molecular complexity index is 346. The average Bonchev–Trinajstić information content (AvgIpc) is 3.09. The fraction of sp³-hybridized carbons (Fsp3) is 0.571. The van der Waals surface area contributed by atoms with Gasteiger partial charge in [-0.15, -0.1) is 0 Å². The largest absolute Gasteiger partial charge is 0.307 e. The number of rotatable bonds is 5. The zero-order chi connectivity index (χ0) is 11.5. The Labute approximate surface area is 107 Å². The third kappa shape index (κ3) is 3.08. The van der Waals surface area contributed by atoms with Crippen LogP contribution in [0.25, 0.3) is 0 Å². The molecule has 0 heterocycles. The van der Waals surface area contributed by atoms with Crippen LogP contribution in [0.2, 0.25) is 0 Å². The molecule has 1 aromatic rings. The van der Waals surface area contributed by atoms with E-state index in [9.17, 15) is 0 Å². The molecule has 0 amide bonds. The summed E-state index contributed by atoms with van der Waals surface area (Å²) in [6.45, 7) is 4.57. The summed E-state index contributed by atoms with van der Waals surface area (Å²) in [7, 11) is 0. The lowest BCUT2D eigenvalue weighted by Gasteiger charge is -2.22. The summed E-state index contributed by atoms with van der Waals surface area (Å²) in [4.78, 5) is 0. The summed E-state index contributed by atoms with van der Waals surface area (Å²) >= 11 is 3.54. The SMILES string of the molecule is CCC(NC(C)C1CC1)c1cccc(Br)c1. The van der Waals surface area contributed by atoms with Crippen molar-refractivity contribution in [1.29, 1.82) is 0 Å². The fourth-order valence-corrected chi connectivity index (χ4v) is 2.64. The van der Waals surface area contributed by atoms with Crippen molar-refractivity contribution in [2.24, 2.45) is 5.92 Å². The van der Waals surface area contributed by atoms with E-state index >= 15 is 0 Å². The van der Waals surface area contributed by atoms with Crippen LogP contribution in [0.15, 0.2) is 28.7 Å². The Morgan fingerprint density at radius 3 is 2.75 bits per heavy atom. The minimum atomic E-state index is 0.494. The van der Waals surface area contributed by atoms with Crippen molar-refractivity contribution in [2.75, 3.05) is 0 Å². The first-order chi connectivity index (χ1) is 7.70. The van der Waals surface area contributed by atoms with Gasteiger partial charge in [0.2, 0.25) is 0 Å². The molecule has 2 atom stereocenters. The highest BCUT2D eigenvalue weighted by atomic mass is 79.9. The van der Waals surface area contributed by atoms with Gasteiger partial charge in [-0.1, -0.05) is 35.0 Å². The summed E-state index contributed by atoms with van der Waals surface area (Å²) < 4.78 is 1.17. The van der Waals surface area contributed by atoms with Crippen LogP contribution in [0.3, 0.4) is 0 Å². The molecule has 0 aliphatic heterocycles. The van der Waals surface area contributed by atoms with Gasteiger partial charge in [0.05, 0.1) is 0 Å². The van der Waals surface area contributed by atoms with Gasteiger partial charge in [0.1, 0.15) is 0 Å². The van der Waals surface area contributed by atoms with Crippen LogP contribution >= 0.6 is 15.9 Å². The quantitative estimate of drug-likeness (QED) is 0.849. The van der Waals surface area contributed by atoms with Gasteiger partial charge in [-0.25, -0.2) is 0 Å². The lowest BCUT2D eigenvalue weighted by molar-refractivity contribution is 0.414. The smallest absolute Gasteiger partial charge is 0.0320 e. The van der Waals surface area contributed by atoms with E-state index in [0.29, 0.717) is 12.1 Å². The molecule has 1 aliphatic rings. The minimum Gasteiger partial charge on any atom is -0.307 e. The highest BCUT2D eigenvalue weighted by molar-refractivity contribution is 9.10. The van der Waals surface area contributed by atoms with Crippen molar-refractivity contribution < 1.29 is 0 Å². The van der Waals surface area contributed by atoms with E-state index in [-0.39, 0.29) is 0 Å². The third-order valence-corrected chi connectivity index (χ3v) is 3.95. The maximum Gasteiger partial charge on any atom is 0.0320 e. The average molecular weight is 282 g/mol. The van der Waals surface area contributed by atoms with Crippen LogP contribution in [-0.4, -0.2) is 6.04 Å². The van der Waals surface area contributed by atoms with Gasteiger partial charge >= 0.3 is 0 Å². The Balaban J connectivity index is 2.03. The molecular weight excluding hydrogens is 262 g/mol. The van der Waals surface area contributed by atoms with Crippen LogP contribution in [0, 0.1) is 5.92 Å². The molecule has 0 aromatic heterocycles. The Morgan fingerprint density at radius 2 is 2.19 bits per heavy atom. The summed E-state index contributed by atoms with van der Waals surface area (Å²) in [5.41, 5.74) is 1.39. The van der Waals surface area contributed by atoms with Crippen molar-refractivity contribution in [3.8, 4) is 0 Å². The van der Waals surface area contributed by atoms with Gasteiger partial charge in [0.25, 0.3) is 0 Å². The van der Waals surface area contributed by atoms with E-state index in [2.05, 4.69) is 59.4 Å². The predicted molar refractivity (Wildman–Crippen MR) is 72.5 cm³/mol. The fourth-order valence-electron chi connectivity index (χ4n) is 2.22. The Hall–Kier alpha value is -0.340. The molecule has 0 radical (unpaired) electrons. The predicted octanol–water partition coefficient (Wildman–Crippen LogP) is 4.29. The highest BCUT2D eigenvalue weighted by Crippen LogP contribution is 2.34. The molecule has 1 aromatic carbocycles. The second kappa shape index (κ2) is 5.33. The van der Waals surface area contributed by atoms with Crippen LogP contribution in [0.4, 0.5) is 0 Å². The van der Waals surface area contributed by atoms with Crippen molar-refractivity contribution in [1.82, 2.24) is 5.32 Å². The van der Waals surface area contributed by atoms with Gasteiger partial charge < -0.3 is 5.32 Å². The molecule has 1 aliphatic carbocycles. The molecule has 2 unspecified atom stereocenters. The number of benzene rings is 1. The van der Waals surface area contributed by atoms with E-state index in [1.807, 2.05) is 0 Å². The van der Waals surface area contributed by atoms with Crippen molar-refractivity contribution >= 4 is 15.9 Å². The maximum atomic E-state index is 3.75. The van der Waals surface area contributed by atoms with Gasteiger partial charge in [-0.05, 0) is 49.8 Å². The van der Waals surface area contributed by atoms with E-state index in [0.717, 1.165) is 12.3 Å². The summed E-state index contributed by atoms with van der Waals surface area (Å²) in [6.07, 6.45) is 3.96. The molecule has 88 valence electrons. The lowest BCUT2D eigenvalue weighted by atomic mass is 10.0. The van der Waals surface area contributed by atoms with Gasteiger partial charge in [-0.2, -0.15) is 0 Å². The summed E-state index contributed by atoms with van der Waals surface area (Å²) in [6, 6.07) is 9.79. The highest BCUT2D eigenvalue weighted by Gasteiger charge is 2.29. The zero-order valence-corrected chi connectivity index (χ0v) is 11.6. The van der Waals surface area contributed by atoms with E-state index in [4.69, 9.17) is 0 Å². The molecule has 0 spiro atoms. The Kier molecular flexibility index (Phi) is 4.04. The molecule has 0 saturated heterocycles. The molecule has 1 saturated carbocycles. The molecule has 2 rings (SSSR count). The number of hydrogen-bond donors (Lipinski definition) is 1. The summed E-state index contributed by atoms with van der Waals surface area (Å²) in [5, 5.41) is 3.75. The third-order valence-electron chi connectivity index (χ3n) is 3.45. The zero-order valence-electron chi connectivity index (χ0n) is 10.0. The van der Waals surface area contributed by atoms with Crippen molar-refractivity contribution in [3.05, 3.63) is 34.3 Å². The van der Waals surface area contributed by atoms with Crippen molar-refractivity contribution in [2.45, 2.75) is 45.2 Å². The first kappa shape index (κ1) is 12.1. The van der Waals surface area contributed by atoms with E-state index in [1.165, 1.54) is 22.9 Å². The molecule has 16 heavy (non-hydrogen) atoms. The van der Waals surface area contributed by atoms with Gasteiger partial charge in [0, 0.05) is 16.6 Å². The molecule has 1 nitrogen and oxygen atoms in total. The number of halogens is 1. The first-order valence-corrected chi connectivity index (χ1v) is 7.01. The monoisotopic (exact) mass is 281 g/mol. The summed E-state index contributed by atoms with van der Waals surface area (Å²) in [5.74, 6) is 0.918. The van der Waals surface area contributed by atoms with Gasteiger partial charge in [-0.3, -0.25) is 0 Å². The van der Waals surface area contributed by atoms with Crippen LogP contribution in [-0.2, 0) is 0 Å². The second-order valence-electron chi connectivity index (χ2n) is 4.81. The molecule has 1 fully saturated rings. The maximum absolute atomic E-state index is 3.75. The van der Waals surface area contributed by atoms with Crippen LogP contribution < -0.4 is 5.32 Å². The lowest BCUT2D eigenvalue weighted by Crippen LogP contribution is -2.31. The van der Waals surface area contributed by atoms with Gasteiger partial charge in [0.15, 0.2) is 0 Å². The molecule has 0 bridgehead atoms.